The van der Waals surface area contributed by atoms with Crippen LogP contribution in [0.25, 0.3) is 0 Å². The number of amides is 1. The quantitative estimate of drug-likeness (QED) is 0.822. The molecular weight excluding hydrogens is 336 g/mol. The van der Waals surface area contributed by atoms with Gasteiger partial charge in [0.25, 0.3) is 15.9 Å². The maximum atomic E-state index is 12.7. The number of carbonyl (C=O) groups is 1. The van der Waals surface area contributed by atoms with Gasteiger partial charge in [0.1, 0.15) is 0 Å². The van der Waals surface area contributed by atoms with Gasteiger partial charge in [0.15, 0.2) is 0 Å². The number of rotatable bonds is 7. The molecule has 0 aliphatic heterocycles. The first kappa shape index (κ1) is 19.0. The number of benzene rings is 2. The summed E-state index contributed by atoms with van der Waals surface area (Å²) >= 11 is 0. The molecule has 25 heavy (non-hydrogen) atoms. The van der Waals surface area contributed by atoms with Crippen molar-refractivity contribution in [2.75, 3.05) is 11.4 Å². The van der Waals surface area contributed by atoms with Gasteiger partial charge in [0.2, 0.25) is 0 Å². The van der Waals surface area contributed by atoms with Crippen molar-refractivity contribution < 1.29 is 13.2 Å². The summed E-state index contributed by atoms with van der Waals surface area (Å²) in [5.74, 6) is -0.201. The van der Waals surface area contributed by atoms with Crippen LogP contribution >= 0.6 is 0 Å². The smallest absolute Gasteiger partial charge is 0.264 e. The molecule has 0 aliphatic carbocycles. The van der Waals surface area contributed by atoms with Crippen LogP contribution in [-0.2, 0) is 10.0 Å². The van der Waals surface area contributed by atoms with Crippen LogP contribution in [0.15, 0.2) is 59.5 Å². The second-order valence-electron chi connectivity index (χ2n) is 6.00. The zero-order valence-electron chi connectivity index (χ0n) is 14.8. The largest absolute Gasteiger partial charge is 0.350 e. The summed E-state index contributed by atoms with van der Waals surface area (Å²) in [6.45, 7) is 4.02. The van der Waals surface area contributed by atoms with Gasteiger partial charge in [-0.25, -0.2) is 8.42 Å². The van der Waals surface area contributed by atoms with Crippen LogP contribution in [0, 0.1) is 0 Å². The van der Waals surface area contributed by atoms with E-state index in [1.54, 1.807) is 54.6 Å². The van der Waals surface area contributed by atoms with Crippen molar-refractivity contribution in [3.8, 4) is 0 Å². The summed E-state index contributed by atoms with van der Waals surface area (Å²) in [7, 11) is -2.18. The number of hydrogen-bond acceptors (Lipinski definition) is 3. The summed E-state index contributed by atoms with van der Waals surface area (Å²) in [5, 5.41) is 2.93. The Morgan fingerprint density at radius 2 is 1.80 bits per heavy atom. The first-order chi connectivity index (χ1) is 11.9. The van der Waals surface area contributed by atoms with E-state index in [0.717, 1.165) is 12.8 Å². The topological polar surface area (TPSA) is 66.5 Å². The zero-order valence-corrected chi connectivity index (χ0v) is 15.6. The number of hydrogen-bond donors (Lipinski definition) is 1. The van der Waals surface area contributed by atoms with Gasteiger partial charge < -0.3 is 5.32 Å². The molecule has 0 heterocycles. The Labute approximate surface area is 149 Å². The number of carbonyl (C=O) groups excluding carboxylic acids is 1. The van der Waals surface area contributed by atoms with Gasteiger partial charge >= 0.3 is 0 Å². The fourth-order valence-corrected chi connectivity index (χ4v) is 3.75. The van der Waals surface area contributed by atoms with Gasteiger partial charge in [-0.3, -0.25) is 9.10 Å². The van der Waals surface area contributed by atoms with Crippen molar-refractivity contribution in [2.45, 2.75) is 37.6 Å². The third-order valence-corrected chi connectivity index (χ3v) is 5.77. The Kier molecular flexibility index (Phi) is 6.20. The highest BCUT2D eigenvalue weighted by molar-refractivity contribution is 7.92. The second kappa shape index (κ2) is 8.16. The molecule has 0 aromatic heterocycles. The third-order valence-electron chi connectivity index (χ3n) is 3.97. The highest BCUT2D eigenvalue weighted by Crippen LogP contribution is 2.22. The van der Waals surface area contributed by atoms with Crippen LogP contribution < -0.4 is 9.62 Å². The summed E-state index contributed by atoms with van der Waals surface area (Å²) in [5.41, 5.74) is 0.884. The van der Waals surface area contributed by atoms with Crippen molar-refractivity contribution >= 4 is 21.6 Å². The van der Waals surface area contributed by atoms with Gasteiger partial charge in [0.05, 0.1) is 10.6 Å². The summed E-state index contributed by atoms with van der Waals surface area (Å²) < 4.78 is 26.6. The summed E-state index contributed by atoms with van der Waals surface area (Å²) in [4.78, 5) is 12.6. The van der Waals surface area contributed by atoms with Gasteiger partial charge in [-0.2, -0.15) is 0 Å². The minimum absolute atomic E-state index is 0.0759. The van der Waals surface area contributed by atoms with Crippen LogP contribution in [0.2, 0.25) is 0 Å². The monoisotopic (exact) mass is 360 g/mol. The van der Waals surface area contributed by atoms with Crippen molar-refractivity contribution in [2.24, 2.45) is 0 Å². The fourth-order valence-electron chi connectivity index (χ4n) is 2.54. The van der Waals surface area contributed by atoms with Gasteiger partial charge in [0, 0.05) is 18.7 Å². The molecule has 0 fully saturated rings. The lowest BCUT2D eigenvalue weighted by Gasteiger charge is -2.20. The predicted octanol–water partition coefficient (Wildman–Crippen LogP) is 3.43. The molecule has 134 valence electrons. The molecule has 5 nitrogen and oxygen atoms in total. The molecule has 0 saturated heterocycles. The average molecular weight is 360 g/mol. The molecule has 1 amide bonds. The van der Waals surface area contributed by atoms with Crippen LogP contribution in [0.3, 0.4) is 0 Å². The molecule has 2 aromatic rings. The minimum atomic E-state index is -3.66. The lowest BCUT2D eigenvalue weighted by Crippen LogP contribution is -2.32. The molecule has 0 aliphatic rings. The minimum Gasteiger partial charge on any atom is -0.350 e. The second-order valence-corrected chi connectivity index (χ2v) is 7.97. The van der Waals surface area contributed by atoms with E-state index < -0.39 is 10.0 Å². The third kappa shape index (κ3) is 4.60. The van der Waals surface area contributed by atoms with Crippen molar-refractivity contribution in [1.82, 2.24) is 5.32 Å². The Bertz CT molecular complexity index is 820. The molecule has 0 saturated carbocycles. The average Bonchev–Trinajstić information content (AvgIpc) is 2.62. The standard InChI is InChI=1S/C19H24N2O3S/c1-4-9-15(2)20-19(22)16-10-8-11-17(14-16)21(3)25(23,24)18-12-6-5-7-13-18/h5-8,10-15H,4,9H2,1-3H3,(H,20,22). The predicted molar refractivity (Wildman–Crippen MR) is 100 cm³/mol. The van der Waals surface area contributed by atoms with E-state index in [-0.39, 0.29) is 16.8 Å². The van der Waals surface area contributed by atoms with Crippen molar-refractivity contribution in [3.05, 3.63) is 60.2 Å². The lowest BCUT2D eigenvalue weighted by atomic mass is 10.1. The number of nitrogens with one attached hydrogen (secondary N) is 1. The maximum absolute atomic E-state index is 12.7. The number of nitrogens with zero attached hydrogens (tertiary/aromatic N) is 1. The van der Waals surface area contributed by atoms with Gasteiger partial charge in [-0.15, -0.1) is 0 Å². The van der Waals surface area contributed by atoms with Crippen LogP contribution in [0.1, 0.15) is 37.0 Å². The molecule has 1 N–H and O–H groups in total. The van der Waals surface area contributed by atoms with Crippen molar-refractivity contribution in [3.63, 3.8) is 0 Å². The number of anilines is 1. The van der Waals surface area contributed by atoms with E-state index in [1.165, 1.54) is 11.4 Å². The molecule has 2 rings (SSSR count). The van der Waals surface area contributed by atoms with Gasteiger partial charge in [-0.05, 0) is 43.7 Å². The molecule has 2 aromatic carbocycles. The van der Waals surface area contributed by atoms with E-state index in [0.29, 0.717) is 11.3 Å². The van der Waals surface area contributed by atoms with E-state index in [1.807, 2.05) is 6.92 Å². The van der Waals surface area contributed by atoms with E-state index in [4.69, 9.17) is 0 Å². The Morgan fingerprint density at radius 3 is 2.44 bits per heavy atom. The van der Waals surface area contributed by atoms with E-state index in [2.05, 4.69) is 12.2 Å². The molecule has 1 atom stereocenters. The zero-order chi connectivity index (χ0) is 18.4. The van der Waals surface area contributed by atoms with Crippen LogP contribution in [0.5, 0.6) is 0 Å². The van der Waals surface area contributed by atoms with E-state index in [9.17, 15) is 13.2 Å². The molecule has 6 heteroatoms. The SMILES string of the molecule is CCCC(C)NC(=O)c1cccc(N(C)S(=O)(=O)c2ccccc2)c1. The molecular formula is C19H24N2O3S. The normalized spacial score (nSPS) is 12.4. The number of sulfonamides is 1. The van der Waals surface area contributed by atoms with Gasteiger partial charge in [-0.1, -0.05) is 37.6 Å². The Balaban J connectivity index is 2.25. The maximum Gasteiger partial charge on any atom is 0.264 e. The molecule has 0 bridgehead atoms. The fraction of sp³-hybridized carbons (Fsp3) is 0.316. The first-order valence-electron chi connectivity index (χ1n) is 8.31. The molecule has 0 radical (unpaired) electrons. The first-order valence-corrected chi connectivity index (χ1v) is 9.75. The lowest BCUT2D eigenvalue weighted by molar-refractivity contribution is 0.0938. The van der Waals surface area contributed by atoms with Crippen LogP contribution in [0.4, 0.5) is 5.69 Å². The Morgan fingerprint density at radius 1 is 1.12 bits per heavy atom. The summed E-state index contributed by atoms with van der Waals surface area (Å²) in [6.07, 6.45) is 1.88. The molecule has 0 spiro atoms. The van der Waals surface area contributed by atoms with E-state index >= 15 is 0 Å². The highest BCUT2D eigenvalue weighted by atomic mass is 32.2. The van der Waals surface area contributed by atoms with Crippen molar-refractivity contribution in [1.29, 1.82) is 0 Å². The van der Waals surface area contributed by atoms with Crippen LogP contribution in [-0.4, -0.2) is 27.4 Å². The Hall–Kier alpha value is -2.34. The molecule has 1 unspecified atom stereocenters. The highest BCUT2D eigenvalue weighted by Gasteiger charge is 2.21. The summed E-state index contributed by atoms with van der Waals surface area (Å²) in [6, 6.07) is 14.9.